The third kappa shape index (κ3) is 3.25. The maximum absolute atomic E-state index is 12.6. The largest absolute Gasteiger partial charge is 0.344 e. The van der Waals surface area contributed by atoms with Crippen LogP contribution in [0.2, 0.25) is 0 Å². The minimum absolute atomic E-state index is 0.220. The fourth-order valence-corrected chi connectivity index (χ4v) is 2.58. The van der Waals surface area contributed by atoms with E-state index in [2.05, 4.69) is 21.4 Å². The van der Waals surface area contributed by atoms with Crippen molar-refractivity contribution in [2.24, 2.45) is 7.05 Å². The molecule has 0 aliphatic carbocycles. The monoisotopic (exact) mass is 319 g/mol. The van der Waals surface area contributed by atoms with Gasteiger partial charge in [-0.2, -0.15) is 5.26 Å². The van der Waals surface area contributed by atoms with Gasteiger partial charge in [0.25, 0.3) is 5.91 Å². The van der Waals surface area contributed by atoms with E-state index in [-0.39, 0.29) is 11.9 Å². The molecule has 0 aliphatic heterocycles. The Kier molecular flexibility index (Phi) is 4.52. The Morgan fingerprint density at radius 2 is 2.08 bits per heavy atom. The quantitative estimate of drug-likeness (QED) is 0.783. The van der Waals surface area contributed by atoms with E-state index in [0.29, 0.717) is 24.2 Å². The lowest BCUT2D eigenvalue weighted by atomic mass is 10.0. The molecule has 3 rings (SSSR count). The Bertz CT molecular complexity index is 895. The van der Waals surface area contributed by atoms with Crippen molar-refractivity contribution in [3.05, 3.63) is 60.0 Å². The SMILES string of the molecule is Cn1cnc2ccc(C(=O)NC(CCC#N)c3ccccc3)nc21. The normalized spacial score (nSPS) is 11.8. The number of benzene rings is 1. The van der Waals surface area contributed by atoms with Crippen molar-refractivity contribution in [1.82, 2.24) is 19.9 Å². The lowest BCUT2D eigenvalue weighted by molar-refractivity contribution is 0.0930. The number of hydrogen-bond acceptors (Lipinski definition) is 4. The van der Waals surface area contributed by atoms with E-state index in [0.717, 1.165) is 11.1 Å². The Morgan fingerprint density at radius 3 is 2.83 bits per heavy atom. The van der Waals surface area contributed by atoms with E-state index >= 15 is 0 Å². The van der Waals surface area contributed by atoms with Crippen molar-refractivity contribution in [3.8, 4) is 6.07 Å². The molecule has 0 bridgehead atoms. The van der Waals surface area contributed by atoms with Crippen LogP contribution in [0.15, 0.2) is 48.8 Å². The molecule has 0 spiro atoms. The van der Waals surface area contributed by atoms with Gasteiger partial charge in [0, 0.05) is 13.5 Å². The fraction of sp³-hybridized carbons (Fsp3) is 0.222. The number of carbonyl (C=O) groups is 1. The zero-order valence-electron chi connectivity index (χ0n) is 13.3. The molecule has 0 fully saturated rings. The van der Waals surface area contributed by atoms with Crippen LogP contribution in [0.4, 0.5) is 0 Å². The molecule has 1 atom stereocenters. The van der Waals surface area contributed by atoms with Gasteiger partial charge in [-0.25, -0.2) is 9.97 Å². The molecule has 1 N–H and O–H groups in total. The molecule has 1 unspecified atom stereocenters. The van der Waals surface area contributed by atoms with Crippen LogP contribution < -0.4 is 5.32 Å². The average molecular weight is 319 g/mol. The summed E-state index contributed by atoms with van der Waals surface area (Å²) in [6.07, 6.45) is 2.59. The fourth-order valence-electron chi connectivity index (χ4n) is 2.58. The highest BCUT2D eigenvalue weighted by Crippen LogP contribution is 2.19. The summed E-state index contributed by atoms with van der Waals surface area (Å²) in [5.74, 6) is -0.259. The van der Waals surface area contributed by atoms with Gasteiger partial charge in [0.2, 0.25) is 0 Å². The van der Waals surface area contributed by atoms with Crippen LogP contribution in [-0.2, 0) is 7.05 Å². The number of rotatable bonds is 5. The number of aryl methyl sites for hydroxylation is 1. The number of carbonyl (C=O) groups excluding carboxylic acids is 1. The molecule has 2 aromatic heterocycles. The predicted octanol–water partition coefficient (Wildman–Crippen LogP) is 2.74. The van der Waals surface area contributed by atoms with E-state index in [1.54, 1.807) is 23.0 Å². The number of nitrogens with one attached hydrogen (secondary N) is 1. The molecule has 24 heavy (non-hydrogen) atoms. The van der Waals surface area contributed by atoms with Crippen LogP contribution in [0.5, 0.6) is 0 Å². The molecule has 0 aliphatic rings. The first-order valence-electron chi connectivity index (χ1n) is 7.70. The third-order valence-electron chi connectivity index (χ3n) is 3.84. The molecule has 3 aromatic rings. The van der Waals surface area contributed by atoms with Crippen molar-refractivity contribution >= 4 is 17.1 Å². The van der Waals surface area contributed by atoms with Crippen molar-refractivity contribution in [2.45, 2.75) is 18.9 Å². The van der Waals surface area contributed by atoms with Crippen molar-refractivity contribution in [1.29, 1.82) is 5.26 Å². The average Bonchev–Trinajstić information content (AvgIpc) is 2.99. The molecule has 0 saturated heterocycles. The summed E-state index contributed by atoms with van der Waals surface area (Å²) in [6, 6.07) is 15.0. The zero-order valence-corrected chi connectivity index (χ0v) is 13.3. The summed E-state index contributed by atoms with van der Waals surface area (Å²) in [6.45, 7) is 0. The topological polar surface area (TPSA) is 83.6 Å². The maximum Gasteiger partial charge on any atom is 0.270 e. The number of aromatic nitrogens is 3. The number of nitriles is 1. The van der Waals surface area contributed by atoms with Crippen LogP contribution in [-0.4, -0.2) is 20.4 Å². The van der Waals surface area contributed by atoms with E-state index in [9.17, 15) is 4.79 Å². The van der Waals surface area contributed by atoms with Crippen molar-refractivity contribution < 1.29 is 4.79 Å². The highest BCUT2D eigenvalue weighted by atomic mass is 16.1. The number of fused-ring (bicyclic) bond motifs is 1. The van der Waals surface area contributed by atoms with Crippen LogP contribution in [0.1, 0.15) is 34.9 Å². The first-order valence-corrected chi connectivity index (χ1v) is 7.70. The summed E-state index contributed by atoms with van der Waals surface area (Å²) in [4.78, 5) is 21.2. The molecule has 120 valence electrons. The van der Waals surface area contributed by atoms with Gasteiger partial charge >= 0.3 is 0 Å². The van der Waals surface area contributed by atoms with E-state index in [4.69, 9.17) is 5.26 Å². The second kappa shape index (κ2) is 6.92. The van der Waals surface area contributed by atoms with E-state index in [1.807, 2.05) is 37.4 Å². The van der Waals surface area contributed by atoms with Gasteiger partial charge in [0.1, 0.15) is 11.2 Å². The summed E-state index contributed by atoms with van der Waals surface area (Å²) in [5, 5.41) is 11.8. The van der Waals surface area contributed by atoms with E-state index in [1.165, 1.54) is 0 Å². The number of nitrogens with zero attached hydrogens (tertiary/aromatic N) is 4. The molecule has 2 heterocycles. The Morgan fingerprint density at radius 1 is 1.29 bits per heavy atom. The van der Waals surface area contributed by atoms with Crippen molar-refractivity contribution in [2.75, 3.05) is 0 Å². The van der Waals surface area contributed by atoms with Gasteiger partial charge in [0.15, 0.2) is 5.65 Å². The van der Waals surface area contributed by atoms with Crippen LogP contribution in [0.3, 0.4) is 0 Å². The van der Waals surface area contributed by atoms with Crippen molar-refractivity contribution in [3.63, 3.8) is 0 Å². The molecular formula is C18H17N5O. The number of imidazole rings is 1. The number of pyridine rings is 1. The van der Waals surface area contributed by atoms with Gasteiger partial charge in [-0.1, -0.05) is 30.3 Å². The summed E-state index contributed by atoms with van der Waals surface area (Å²) in [5.41, 5.74) is 2.72. The standard InChI is InChI=1S/C18H17N5O/c1-23-12-20-15-9-10-16(21-17(15)23)18(24)22-14(8-5-11-19)13-6-3-2-4-7-13/h2-4,6-7,9-10,12,14H,5,8H2,1H3,(H,22,24). The second-order valence-corrected chi connectivity index (χ2v) is 5.53. The van der Waals surface area contributed by atoms with E-state index < -0.39 is 0 Å². The minimum atomic E-state index is -0.259. The second-order valence-electron chi connectivity index (χ2n) is 5.53. The molecule has 1 aromatic carbocycles. The van der Waals surface area contributed by atoms with Crippen LogP contribution in [0, 0.1) is 11.3 Å². The number of hydrogen-bond donors (Lipinski definition) is 1. The lowest BCUT2D eigenvalue weighted by Crippen LogP contribution is -2.29. The van der Waals surface area contributed by atoms with Crippen LogP contribution in [0.25, 0.3) is 11.2 Å². The maximum atomic E-state index is 12.6. The predicted molar refractivity (Wildman–Crippen MR) is 90.0 cm³/mol. The zero-order chi connectivity index (χ0) is 16.9. The highest BCUT2D eigenvalue weighted by molar-refractivity contribution is 5.94. The molecule has 6 heteroatoms. The van der Waals surface area contributed by atoms with Crippen LogP contribution >= 0.6 is 0 Å². The van der Waals surface area contributed by atoms with Gasteiger partial charge in [-0.05, 0) is 24.1 Å². The third-order valence-corrected chi connectivity index (χ3v) is 3.84. The van der Waals surface area contributed by atoms with Gasteiger partial charge in [-0.15, -0.1) is 0 Å². The smallest absolute Gasteiger partial charge is 0.270 e. The van der Waals surface area contributed by atoms with Gasteiger partial charge in [0.05, 0.1) is 18.4 Å². The number of amides is 1. The molecule has 1 amide bonds. The minimum Gasteiger partial charge on any atom is -0.344 e. The Labute approximate surface area is 139 Å². The Hall–Kier alpha value is -3.20. The molecular weight excluding hydrogens is 302 g/mol. The lowest BCUT2D eigenvalue weighted by Gasteiger charge is -2.18. The molecule has 0 radical (unpaired) electrons. The summed E-state index contributed by atoms with van der Waals surface area (Å²) in [7, 11) is 1.84. The highest BCUT2D eigenvalue weighted by Gasteiger charge is 2.17. The molecule has 0 saturated carbocycles. The first kappa shape index (κ1) is 15.7. The summed E-state index contributed by atoms with van der Waals surface area (Å²) < 4.78 is 1.77. The summed E-state index contributed by atoms with van der Waals surface area (Å²) >= 11 is 0. The Balaban J connectivity index is 1.83. The van der Waals surface area contributed by atoms with Gasteiger partial charge < -0.3 is 9.88 Å². The molecule has 6 nitrogen and oxygen atoms in total. The first-order chi connectivity index (χ1) is 11.7. The van der Waals surface area contributed by atoms with Gasteiger partial charge in [-0.3, -0.25) is 4.79 Å².